The van der Waals surface area contributed by atoms with E-state index >= 15 is 0 Å². The van der Waals surface area contributed by atoms with E-state index in [9.17, 15) is 4.79 Å². The second kappa shape index (κ2) is 9.21. The number of amides is 1. The van der Waals surface area contributed by atoms with Gasteiger partial charge in [-0.2, -0.15) is 0 Å². The van der Waals surface area contributed by atoms with Crippen LogP contribution in [0.3, 0.4) is 0 Å². The Hall–Kier alpha value is -0.776. The summed E-state index contributed by atoms with van der Waals surface area (Å²) in [5.41, 5.74) is 9.51. The first-order chi connectivity index (χ1) is 9.17. The maximum atomic E-state index is 11.5. The fourth-order valence-corrected chi connectivity index (χ4v) is 2.43. The van der Waals surface area contributed by atoms with Crippen LogP contribution in [0.4, 0.5) is 0 Å². The Labute approximate surface area is 144 Å². The van der Waals surface area contributed by atoms with Gasteiger partial charge in [0.15, 0.2) is 0 Å². The fourth-order valence-electron chi connectivity index (χ4n) is 2.43. The van der Waals surface area contributed by atoms with Crippen LogP contribution in [0, 0.1) is 0 Å². The van der Waals surface area contributed by atoms with Crippen molar-refractivity contribution in [1.82, 2.24) is 4.90 Å². The van der Waals surface area contributed by atoms with Crippen molar-refractivity contribution in [1.29, 1.82) is 0 Å². The van der Waals surface area contributed by atoms with Gasteiger partial charge in [-0.15, -0.1) is 0 Å². The minimum Gasteiger partial charge on any atom is -0.666 e. The number of ether oxygens (including phenoxy) is 1. The molecule has 0 saturated carbocycles. The summed E-state index contributed by atoms with van der Waals surface area (Å²) in [6.45, 7) is 6.89. The van der Waals surface area contributed by atoms with E-state index in [0.29, 0.717) is 0 Å². The summed E-state index contributed by atoms with van der Waals surface area (Å²) >= 11 is 0. The molecule has 107 valence electrons. The van der Waals surface area contributed by atoms with Gasteiger partial charge >= 0.3 is 0 Å². The van der Waals surface area contributed by atoms with Gasteiger partial charge in [0.2, 0.25) is 0 Å². The predicted octanol–water partition coefficient (Wildman–Crippen LogP) is 1.92. The van der Waals surface area contributed by atoms with Gasteiger partial charge in [-0.05, 0) is 36.2 Å². The van der Waals surface area contributed by atoms with Crippen LogP contribution >= 0.6 is 0 Å². The largest absolute Gasteiger partial charge is 0.666 e. The van der Waals surface area contributed by atoms with E-state index in [1.807, 2.05) is 30.0 Å². The standard InChI is InChI=1S/C13H18N2O2.CHO.Y/c1-3-15-7-6-9-8-10(17-2)4-5-11(9)12(15)13(14)16;1-2;/h4-5,8,12H,3,6-7H2,1-2H3,(H2,14,16);1H;/q;-1;/p-1. The van der Waals surface area contributed by atoms with E-state index in [2.05, 4.69) is 6.79 Å². The summed E-state index contributed by atoms with van der Waals surface area (Å²) in [6.07, 6.45) is 0.907. The molecule has 20 heavy (non-hydrogen) atoms. The monoisotopic (exact) mass is 351 g/mol. The number of carbonyl (C=O) groups is 1. The number of nitrogens with zero attached hydrogens (tertiary/aromatic N) is 1. The van der Waals surface area contributed by atoms with Gasteiger partial charge in [0, 0.05) is 39.3 Å². The van der Waals surface area contributed by atoms with Gasteiger partial charge in [0.1, 0.15) is 5.75 Å². The van der Waals surface area contributed by atoms with Crippen LogP contribution in [0.2, 0.25) is 0 Å². The number of methoxy groups -OCH3 is 1. The molecule has 0 aliphatic carbocycles. The van der Waals surface area contributed by atoms with E-state index in [0.717, 1.165) is 36.4 Å². The third kappa shape index (κ3) is 4.11. The molecule has 1 aromatic rings. The molecular weight excluding hydrogens is 333 g/mol. The van der Waals surface area contributed by atoms with E-state index in [1.54, 1.807) is 7.11 Å². The first-order valence-electron chi connectivity index (χ1n) is 6.07. The number of nitrogens with one attached hydrogen (secondary N) is 1. The second-order valence-corrected chi connectivity index (χ2v) is 4.21. The summed E-state index contributed by atoms with van der Waals surface area (Å²) < 4.78 is 5.18. The maximum Gasteiger partial charge on any atom is 0.119 e. The van der Waals surface area contributed by atoms with Crippen LogP contribution in [-0.2, 0) is 48.7 Å². The molecule has 0 fully saturated rings. The zero-order valence-electron chi connectivity index (χ0n) is 11.8. The average Bonchev–Trinajstić information content (AvgIpc) is 2.47. The van der Waals surface area contributed by atoms with Crippen molar-refractivity contribution in [3.05, 3.63) is 35.1 Å². The van der Waals surface area contributed by atoms with Crippen LogP contribution in [0.1, 0.15) is 24.1 Å². The Morgan fingerprint density at radius 3 is 2.65 bits per heavy atom. The number of rotatable bonds is 3. The Bertz CT molecular complexity index is 454. The van der Waals surface area contributed by atoms with Crippen molar-refractivity contribution < 1.29 is 47.0 Å². The molecular formula is C14H18N2O3Y-2. The minimum atomic E-state index is -0.530. The molecule has 1 radical (unpaired) electrons. The summed E-state index contributed by atoms with van der Waals surface area (Å²) in [5, 5.41) is 0. The third-order valence-corrected chi connectivity index (χ3v) is 3.33. The molecule has 0 bridgehead atoms. The van der Waals surface area contributed by atoms with E-state index in [1.165, 1.54) is 0 Å². The molecule has 5 nitrogen and oxygen atoms in total. The quantitative estimate of drug-likeness (QED) is 0.616. The molecule has 0 aromatic heterocycles. The van der Waals surface area contributed by atoms with Crippen molar-refractivity contribution in [3.63, 3.8) is 0 Å². The van der Waals surface area contributed by atoms with Crippen LogP contribution in [0.25, 0.3) is 5.73 Å². The summed E-state index contributed by atoms with van der Waals surface area (Å²) in [4.78, 5) is 21.3. The molecule has 1 N–H and O–H groups in total. The van der Waals surface area contributed by atoms with Gasteiger partial charge in [0.25, 0.3) is 0 Å². The normalized spacial score (nSPS) is 17.0. The van der Waals surface area contributed by atoms with E-state index in [4.69, 9.17) is 15.3 Å². The second-order valence-electron chi connectivity index (χ2n) is 4.21. The number of hydrogen-bond acceptors (Lipinski definition) is 4. The van der Waals surface area contributed by atoms with E-state index in [-0.39, 0.29) is 32.7 Å². The van der Waals surface area contributed by atoms with Crippen LogP contribution in [-0.4, -0.2) is 37.8 Å². The van der Waals surface area contributed by atoms with Crippen LogP contribution in [0.5, 0.6) is 5.75 Å². The predicted molar refractivity (Wildman–Crippen MR) is 72.8 cm³/mol. The first kappa shape index (κ1) is 19.2. The molecule has 1 heterocycles. The molecule has 6 heteroatoms. The molecule has 1 atom stereocenters. The zero-order valence-corrected chi connectivity index (χ0v) is 14.6. The van der Waals surface area contributed by atoms with Crippen LogP contribution in [0.15, 0.2) is 18.2 Å². The number of fused-ring (bicyclic) bond motifs is 1. The maximum absolute atomic E-state index is 11.5. The molecule has 1 unspecified atom stereocenters. The van der Waals surface area contributed by atoms with Gasteiger partial charge in [-0.3, -0.25) is 11.7 Å². The Morgan fingerprint density at radius 1 is 1.50 bits per heavy atom. The number of hydrogen-bond donors (Lipinski definition) is 0. The van der Waals surface area contributed by atoms with Gasteiger partial charge in [-0.25, -0.2) is 0 Å². The molecule has 1 amide bonds. The Balaban J connectivity index is 0.00000115. The van der Waals surface area contributed by atoms with E-state index < -0.39 is 11.9 Å². The molecule has 0 saturated heterocycles. The van der Waals surface area contributed by atoms with Crippen molar-refractivity contribution in [2.45, 2.75) is 19.4 Å². The number of carbonyl (C=O) groups excluding carboxylic acids is 2. The smallest absolute Gasteiger partial charge is 0.119 e. The van der Waals surface area contributed by atoms with Gasteiger partial charge < -0.3 is 20.1 Å². The van der Waals surface area contributed by atoms with Crippen molar-refractivity contribution in [2.75, 3.05) is 20.2 Å². The first-order valence-corrected chi connectivity index (χ1v) is 6.07. The van der Waals surface area contributed by atoms with Crippen molar-refractivity contribution >= 4 is 12.7 Å². The molecule has 1 aliphatic rings. The molecule has 1 aromatic carbocycles. The van der Waals surface area contributed by atoms with Gasteiger partial charge in [-0.1, -0.05) is 13.0 Å². The zero-order chi connectivity index (χ0) is 14.4. The molecule has 1 aliphatic heterocycles. The number of benzene rings is 1. The van der Waals surface area contributed by atoms with Crippen molar-refractivity contribution in [3.8, 4) is 5.75 Å². The van der Waals surface area contributed by atoms with Gasteiger partial charge in [0.05, 0.1) is 19.1 Å². The van der Waals surface area contributed by atoms with Crippen molar-refractivity contribution in [2.24, 2.45) is 0 Å². The Morgan fingerprint density at radius 2 is 2.15 bits per heavy atom. The Kier molecular flexibility index (Phi) is 8.86. The SMILES string of the molecule is CCN1CCc2cc(OC)ccc2C1C([NH-])=O.[CH-]=O.[Y]. The topological polar surface area (TPSA) is 70.4 Å². The molecule has 0 spiro atoms. The van der Waals surface area contributed by atoms with Crippen LogP contribution < -0.4 is 4.74 Å². The summed E-state index contributed by atoms with van der Waals surface area (Å²) in [7, 11) is 1.63. The minimum absolute atomic E-state index is 0. The summed E-state index contributed by atoms with van der Waals surface area (Å²) in [6, 6.07) is 5.33. The summed E-state index contributed by atoms with van der Waals surface area (Å²) in [5.74, 6) is 0.280. The third-order valence-electron chi connectivity index (χ3n) is 3.33. The average molecular weight is 351 g/mol. The fraction of sp³-hybridized carbons (Fsp3) is 0.429. The molecule has 2 rings (SSSR count). The number of likely N-dealkylation sites (N-methyl/N-ethyl adjacent to an activating group) is 1.